The molecule has 3 atom stereocenters. The molecule has 1 aliphatic carbocycles. The van der Waals surface area contributed by atoms with Gasteiger partial charge in [-0.1, -0.05) is 6.07 Å². The maximum Gasteiger partial charge on any atom is 0.230 e. The SMILES string of the molecule is NCC1C2CN(c3cccc(F)c3)C(=O)C12. The summed E-state index contributed by atoms with van der Waals surface area (Å²) in [6.07, 6.45) is 0. The van der Waals surface area contributed by atoms with Crippen molar-refractivity contribution in [2.24, 2.45) is 23.5 Å². The Morgan fingerprint density at radius 1 is 1.50 bits per heavy atom. The predicted molar refractivity (Wildman–Crippen MR) is 58.3 cm³/mol. The summed E-state index contributed by atoms with van der Waals surface area (Å²) in [4.78, 5) is 13.6. The summed E-state index contributed by atoms with van der Waals surface area (Å²) in [5, 5.41) is 0. The molecule has 84 valence electrons. The van der Waals surface area contributed by atoms with Crippen molar-refractivity contribution >= 4 is 11.6 Å². The van der Waals surface area contributed by atoms with Gasteiger partial charge in [0.2, 0.25) is 5.91 Å². The maximum absolute atomic E-state index is 13.0. The number of nitrogens with zero attached hydrogens (tertiary/aromatic N) is 1. The van der Waals surface area contributed by atoms with E-state index in [-0.39, 0.29) is 17.6 Å². The largest absolute Gasteiger partial charge is 0.330 e. The molecule has 1 aliphatic heterocycles. The molecule has 0 spiro atoms. The van der Waals surface area contributed by atoms with Crippen LogP contribution >= 0.6 is 0 Å². The third-order valence-electron chi connectivity index (χ3n) is 3.67. The molecule has 2 aliphatic rings. The highest BCUT2D eigenvalue weighted by Gasteiger charge is 2.60. The average Bonchev–Trinajstić information content (AvgIpc) is 2.88. The lowest BCUT2D eigenvalue weighted by atomic mass is 10.2. The highest BCUT2D eigenvalue weighted by Crippen LogP contribution is 2.52. The Bertz CT molecular complexity index is 448. The van der Waals surface area contributed by atoms with Gasteiger partial charge in [-0.3, -0.25) is 4.79 Å². The van der Waals surface area contributed by atoms with Gasteiger partial charge >= 0.3 is 0 Å². The zero-order chi connectivity index (χ0) is 11.3. The molecule has 16 heavy (non-hydrogen) atoms. The third kappa shape index (κ3) is 1.26. The number of rotatable bonds is 2. The predicted octanol–water partition coefficient (Wildman–Crippen LogP) is 0.993. The fraction of sp³-hybridized carbons (Fsp3) is 0.417. The van der Waals surface area contributed by atoms with Crippen molar-refractivity contribution in [2.45, 2.75) is 0 Å². The van der Waals surface area contributed by atoms with Crippen molar-refractivity contribution in [2.75, 3.05) is 18.0 Å². The van der Waals surface area contributed by atoms with Crippen LogP contribution < -0.4 is 10.6 Å². The lowest BCUT2D eigenvalue weighted by molar-refractivity contribution is -0.119. The second-order valence-electron chi connectivity index (χ2n) is 4.52. The Kier molecular flexibility index (Phi) is 2.01. The van der Waals surface area contributed by atoms with E-state index < -0.39 is 0 Å². The molecule has 2 fully saturated rings. The molecule has 3 rings (SSSR count). The first-order valence-corrected chi connectivity index (χ1v) is 5.49. The van der Waals surface area contributed by atoms with E-state index in [0.29, 0.717) is 30.6 Å². The topological polar surface area (TPSA) is 46.3 Å². The molecule has 1 aromatic rings. The van der Waals surface area contributed by atoms with Gasteiger partial charge < -0.3 is 10.6 Å². The van der Waals surface area contributed by atoms with E-state index in [1.54, 1.807) is 17.0 Å². The number of carbonyl (C=O) groups is 1. The molecule has 2 N–H and O–H groups in total. The molecule has 3 nitrogen and oxygen atoms in total. The van der Waals surface area contributed by atoms with Crippen LogP contribution in [0.3, 0.4) is 0 Å². The normalized spacial score (nSPS) is 31.8. The van der Waals surface area contributed by atoms with E-state index in [0.717, 1.165) is 0 Å². The van der Waals surface area contributed by atoms with Crippen LogP contribution in [0.2, 0.25) is 0 Å². The van der Waals surface area contributed by atoms with Gasteiger partial charge in [0.1, 0.15) is 5.82 Å². The number of hydrogen-bond donors (Lipinski definition) is 1. The first-order valence-electron chi connectivity index (χ1n) is 5.49. The number of anilines is 1. The monoisotopic (exact) mass is 220 g/mol. The van der Waals surface area contributed by atoms with Gasteiger partial charge in [0.15, 0.2) is 0 Å². The summed E-state index contributed by atoms with van der Waals surface area (Å²) in [5.41, 5.74) is 6.22. The van der Waals surface area contributed by atoms with Crippen LogP contribution in [0.1, 0.15) is 0 Å². The number of carbonyl (C=O) groups excluding carboxylic acids is 1. The Labute approximate surface area is 93.0 Å². The summed E-state index contributed by atoms with van der Waals surface area (Å²) in [5.74, 6) is 0.638. The van der Waals surface area contributed by atoms with Gasteiger partial charge in [0, 0.05) is 18.2 Å². The first-order chi connectivity index (χ1) is 7.72. The van der Waals surface area contributed by atoms with Gasteiger partial charge in [0.25, 0.3) is 0 Å². The Hall–Kier alpha value is -1.42. The van der Waals surface area contributed by atoms with E-state index >= 15 is 0 Å². The number of benzene rings is 1. The number of fused-ring (bicyclic) bond motifs is 1. The Morgan fingerprint density at radius 3 is 2.88 bits per heavy atom. The molecule has 0 bridgehead atoms. The molecule has 1 aromatic carbocycles. The highest BCUT2D eigenvalue weighted by molar-refractivity contribution is 6.00. The molecule has 3 unspecified atom stereocenters. The fourth-order valence-electron chi connectivity index (χ4n) is 2.74. The van der Waals surface area contributed by atoms with Crippen LogP contribution in [-0.4, -0.2) is 19.0 Å². The molecular formula is C12H13FN2O. The van der Waals surface area contributed by atoms with Crippen LogP contribution in [0.15, 0.2) is 24.3 Å². The van der Waals surface area contributed by atoms with Crippen molar-refractivity contribution in [3.05, 3.63) is 30.1 Å². The van der Waals surface area contributed by atoms with Gasteiger partial charge in [-0.15, -0.1) is 0 Å². The van der Waals surface area contributed by atoms with Gasteiger partial charge in [0.05, 0.1) is 0 Å². The quantitative estimate of drug-likeness (QED) is 0.808. The van der Waals surface area contributed by atoms with Gasteiger partial charge in [-0.2, -0.15) is 0 Å². The van der Waals surface area contributed by atoms with E-state index in [2.05, 4.69) is 0 Å². The zero-order valence-electron chi connectivity index (χ0n) is 8.77. The molecule has 1 saturated heterocycles. The second-order valence-corrected chi connectivity index (χ2v) is 4.52. The molecule has 4 heteroatoms. The molecule has 0 radical (unpaired) electrons. The number of nitrogens with two attached hydrogens (primary N) is 1. The molecule has 0 aromatic heterocycles. The van der Waals surface area contributed by atoms with Crippen molar-refractivity contribution in [3.8, 4) is 0 Å². The molecule has 1 saturated carbocycles. The first kappa shape index (κ1) is 9.78. The second kappa shape index (κ2) is 3.28. The Morgan fingerprint density at radius 2 is 2.31 bits per heavy atom. The minimum atomic E-state index is -0.304. The van der Waals surface area contributed by atoms with E-state index in [4.69, 9.17) is 5.73 Å². The summed E-state index contributed by atoms with van der Waals surface area (Å²) >= 11 is 0. The van der Waals surface area contributed by atoms with Crippen LogP contribution in [-0.2, 0) is 4.79 Å². The van der Waals surface area contributed by atoms with Crippen molar-refractivity contribution in [1.29, 1.82) is 0 Å². The number of amides is 1. The number of hydrogen-bond acceptors (Lipinski definition) is 2. The minimum Gasteiger partial charge on any atom is -0.330 e. The van der Waals surface area contributed by atoms with E-state index in [9.17, 15) is 9.18 Å². The van der Waals surface area contributed by atoms with Crippen molar-refractivity contribution in [1.82, 2.24) is 0 Å². The van der Waals surface area contributed by atoms with Crippen LogP contribution in [0.4, 0.5) is 10.1 Å². The van der Waals surface area contributed by atoms with Crippen LogP contribution in [0, 0.1) is 23.6 Å². The minimum absolute atomic E-state index is 0.0910. The summed E-state index contributed by atoms with van der Waals surface area (Å²) in [7, 11) is 0. The van der Waals surface area contributed by atoms with E-state index in [1.807, 2.05) is 0 Å². The van der Waals surface area contributed by atoms with Gasteiger partial charge in [-0.25, -0.2) is 4.39 Å². The van der Waals surface area contributed by atoms with E-state index in [1.165, 1.54) is 12.1 Å². The summed E-state index contributed by atoms with van der Waals surface area (Å²) in [6.45, 7) is 1.27. The summed E-state index contributed by atoms with van der Waals surface area (Å²) < 4.78 is 13.0. The van der Waals surface area contributed by atoms with Crippen molar-refractivity contribution in [3.63, 3.8) is 0 Å². The average molecular weight is 220 g/mol. The highest BCUT2D eigenvalue weighted by atomic mass is 19.1. The fourth-order valence-corrected chi connectivity index (χ4v) is 2.74. The lowest BCUT2D eigenvalue weighted by Crippen LogP contribution is -2.31. The molecule has 1 heterocycles. The molecule has 1 amide bonds. The van der Waals surface area contributed by atoms with Crippen molar-refractivity contribution < 1.29 is 9.18 Å². The van der Waals surface area contributed by atoms with Gasteiger partial charge in [-0.05, 0) is 36.6 Å². The number of halogens is 1. The number of piperidine rings is 1. The van der Waals surface area contributed by atoms with Crippen LogP contribution in [0.25, 0.3) is 0 Å². The standard InChI is InChI=1S/C12H13FN2O/c13-7-2-1-3-8(4-7)15-6-10-9(5-14)11(10)12(15)16/h1-4,9-11H,5-6,14H2. The van der Waals surface area contributed by atoms with Crippen LogP contribution in [0.5, 0.6) is 0 Å². The molecular weight excluding hydrogens is 207 g/mol. The lowest BCUT2D eigenvalue weighted by Gasteiger charge is -2.19. The third-order valence-corrected chi connectivity index (χ3v) is 3.67. The summed E-state index contributed by atoms with van der Waals surface area (Å²) in [6, 6.07) is 6.18. The zero-order valence-corrected chi connectivity index (χ0v) is 8.77. The smallest absolute Gasteiger partial charge is 0.230 e. The maximum atomic E-state index is 13.0. The Balaban J connectivity index is 1.82.